The van der Waals surface area contributed by atoms with E-state index in [1.807, 2.05) is 64.3 Å². The molecule has 0 saturated carbocycles. The Morgan fingerprint density at radius 2 is 0.514 bits per heavy atom. The van der Waals surface area contributed by atoms with E-state index in [1.165, 1.54) is 82.8 Å². The van der Waals surface area contributed by atoms with Gasteiger partial charge in [-0.2, -0.15) is 0 Å². The summed E-state index contributed by atoms with van der Waals surface area (Å²) in [6.07, 6.45) is 0. The second-order valence-electron chi connectivity index (χ2n) is 34.4. The van der Waals surface area contributed by atoms with E-state index in [4.69, 9.17) is 34.9 Å². The predicted molar refractivity (Wildman–Crippen MR) is 581 cm³/mol. The van der Waals surface area contributed by atoms with Crippen LogP contribution in [-0.2, 0) is 0 Å². The Morgan fingerprint density at radius 1 is 0.181 bits per heavy atom. The lowest BCUT2D eigenvalue weighted by atomic mass is 9.94. The first-order chi connectivity index (χ1) is 68.4. The van der Waals surface area contributed by atoms with E-state index in [2.05, 4.69) is 465 Å². The predicted octanol–water partition coefficient (Wildman–Crippen LogP) is 34.8. The van der Waals surface area contributed by atoms with Crippen LogP contribution in [0.3, 0.4) is 0 Å². The van der Waals surface area contributed by atoms with Gasteiger partial charge >= 0.3 is 0 Å². The number of hydrogen-bond acceptors (Lipinski definition) is 12. The molecule has 0 N–H and O–H groups in total. The highest BCUT2D eigenvalue weighted by Crippen LogP contribution is 2.53. The van der Waals surface area contributed by atoms with Crippen LogP contribution in [-0.4, -0.2) is 34.9 Å². The summed E-state index contributed by atoms with van der Waals surface area (Å²) >= 11 is 5.47. The fourth-order valence-corrected chi connectivity index (χ4v) is 23.1. The van der Waals surface area contributed by atoms with Crippen LogP contribution in [0.5, 0.6) is 0 Å². The van der Waals surface area contributed by atoms with Gasteiger partial charge in [0.05, 0.1) is 50.9 Å². The van der Waals surface area contributed by atoms with Gasteiger partial charge in [-0.25, -0.2) is 34.9 Å². The van der Waals surface area contributed by atoms with Gasteiger partial charge in [0.2, 0.25) is 0 Å². The molecular formula is C126H81N9S3. The van der Waals surface area contributed by atoms with E-state index in [1.54, 1.807) is 0 Å². The fraction of sp³-hybridized carbons (Fsp3) is 0.00794. The van der Waals surface area contributed by atoms with Gasteiger partial charge in [0.15, 0.2) is 11.6 Å². The molecule has 7 aromatic heterocycles. The summed E-state index contributed by atoms with van der Waals surface area (Å²) in [6.45, 7) is 0. The molecule has 0 radical (unpaired) electrons. The second-order valence-corrected chi connectivity index (χ2v) is 37.7. The lowest BCUT2D eigenvalue weighted by Gasteiger charge is -2.26. The fourth-order valence-electron chi connectivity index (χ4n) is 19.8. The van der Waals surface area contributed by atoms with Crippen molar-refractivity contribution in [3.05, 3.63) is 502 Å². The quantitative estimate of drug-likeness (QED) is 0.0994. The van der Waals surface area contributed by atoms with Crippen molar-refractivity contribution in [2.45, 2.75) is 5.92 Å². The molecule has 7 heterocycles. The highest BCUT2D eigenvalue weighted by Gasteiger charge is 2.35. The van der Waals surface area contributed by atoms with E-state index in [9.17, 15) is 0 Å². The molecule has 648 valence electrons. The maximum Gasteiger partial charge on any atom is 0.160 e. The van der Waals surface area contributed by atoms with E-state index in [0.29, 0.717) is 11.6 Å². The van der Waals surface area contributed by atoms with Crippen molar-refractivity contribution >= 4 is 161 Å². The van der Waals surface area contributed by atoms with Crippen molar-refractivity contribution in [3.8, 4) is 101 Å². The lowest BCUT2D eigenvalue weighted by molar-refractivity contribution is 0.891. The average Bonchev–Trinajstić information content (AvgIpc) is 1.55. The van der Waals surface area contributed by atoms with Crippen molar-refractivity contribution in [2.24, 2.45) is 0 Å². The minimum Gasteiger partial charge on any atom is -0.310 e. The van der Waals surface area contributed by atoms with Gasteiger partial charge in [-0.05, 0) is 179 Å². The minimum absolute atomic E-state index is 0.0936. The summed E-state index contributed by atoms with van der Waals surface area (Å²) in [6, 6.07) is 171. The first-order valence-electron chi connectivity index (χ1n) is 46.3. The molecule has 26 aromatic rings. The van der Waals surface area contributed by atoms with Crippen LogP contribution < -0.4 is 9.80 Å². The maximum atomic E-state index is 5.52. The molecule has 19 aromatic carbocycles. The number of anilines is 6. The van der Waals surface area contributed by atoms with Crippen molar-refractivity contribution in [2.75, 3.05) is 9.80 Å². The first-order valence-corrected chi connectivity index (χ1v) is 48.8. The maximum absolute atomic E-state index is 5.52. The summed E-state index contributed by atoms with van der Waals surface area (Å²) in [5.41, 5.74) is 28.7. The molecule has 12 heteroatoms. The van der Waals surface area contributed by atoms with Gasteiger partial charge in [0.1, 0.15) is 5.82 Å². The van der Waals surface area contributed by atoms with Crippen LogP contribution in [0.1, 0.15) is 22.9 Å². The summed E-state index contributed by atoms with van der Waals surface area (Å²) in [4.78, 5) is 41.7. The Labute approximate surface area is 809 Å². The monoisotopic (exact) mass is 1820 g/mol. The highest BCUT2D eigenvalue weighted by molar-refractivity contribution is 7.27. The Bertz CT molecular complexity index is 8950. The van der Waals surface area contributed by atoms with Gasteiger partial charge in [-0.1, -0.05) is 340 Å². The molecule has 1 aliphatic carbocycles. The average molecular weight is 1820 g/mol. The van der Waals surface area contributed by atoms with Crippen LogP contribution in [0, 0.1) is 0 Å². The van der Waals surface area contributed by atoms with Gasteiger partial charge < -0.3 is 9.80 Å². The van der Waals surface area contributed by atoms with Crippen LogP contribution >= 0.6 is 34.0 Å². The van der Waals surface area contributed by atoms with Crippen molar-refractivity contribution < 1.29 is 0 Å². The summed E-state index contributed by atoms with van der Waals surface area (Å²) in [5.74, 6) is 2.14. The summed E-state index contributed by atoms with van der Waals surface area (Å²) < 4.78 is 7.58. The SMILES string of the molecule is c1ccc(-c2cc(-c3ccccc3)nc(-c3cccc(-c4nc(-c5ccccc5)c5c(ccc6sc7ccccc7c65)n4)c3)c2)cc1.c1ccc(-c2nc(-c3cccc(N(c4ccccc4)c4ccccc4)c3)nc3ccc4sc5ccccc5c4c23)cc1.c1ccc(-c2nc(C3c4ccccc4-c4cc(N(c5ccccc5)c5ccccc5)ccc43)nc3ccc4sc5ccccc5c4c23)cc1. The summed E-state index contributed by atoms with van der Waals surface area (Å²) in [7, 11) is 0. The zero-order valence-corrected chi connectivity index (χ0v) is 77.0. The Kier molecular flexibility index (Phi) is 21.4. The van der Waals surface area contributed by atoms with Crippen LogP contribution in [0.4, 0.5) is 34.1 Å². The number of hydrogen-bond donors (Lipinski definition) is 0. The van der Waals surface area contributed by atoms with E-state index in [0.717, 1.165) is 151 Å². The van der Waals surface area contributed by atoms with Gasteiger partial charge in [-0.3, -0.25) is 0 Å². The van der Waals surface area contributed by atoms with E-state index in [-0.39, 0.29) is 5.92 Å². The molecule has 0 aliphatic heterocycles. The minimum atomic E-state index is -0.0936. The molecule has 1 aliphatic rings. The lowest BCUT2D eigenvalue weighted by Crippen LogP contribution is -2.10. The van der Waals surface area contributed by atoms with Crippen molar-refractivity contribution in [3.63, 3.8) is 0 Å². The zero-order valence-electron chi connectivity index (χ0n) is 74.5. The molecule has 0 amide bonds. The molecule has 1 atom stereocenters. The largest absolute Gasteiger partial charge is 0.310 e. The Hall–Kier alpha value is -17.4. The third-order valence-electron chi connectivity index (χ3n) is 26.0. The normalized spacial score (nSPS) is 12.1. The highest BCUT2D eigenvalue weighted by atomic mass is 32.1. The number of pyridine rings is 1. The van der Waals surface area contributed by atoms with Crippen molar-refractivity contribution in [1.29, 1.82) is 0 Å². The number of nitrogens with zero attached hydrogens (tertiary/aromatic N) is 9. The third kappa shape index (κ3) is 15.4. The number of thiophene rings is 3. The van der Waals surface area contributed by atoms with Crippen LogP contribution in [0.2, 0.25) is 0 Å². The molecule has 138 heavy (non-hydrogen) atoms. The smallest absolute Gasteiger partial charge is 0.160 e. The first kappa shape index (κ1) is 82.5. The Balaban J connectivity index is 0.000000110. The van der Waals surface area contributed by atoms with Gasteiger partial charge in [0, 0.05) is 150 Å². The van der Waals surface area contributed by atoms with E-state index < -0.39 is 0 Å². The number of benzene rings is 19. The molecule has 0 saturated heterocycles. The van der Waals surface area contributed by atoms with Crippen LogP contribution in [0.15, 0.2) is 485 Å². The third-order valence-corrected chi connectivity index (χ3v) is 29.4. The van der Waals surface area contributed by atoms with Crippen molar-refractivity contribution in [1.82, 2.24) is 34.9 Å². The number of rotatable bonds is 15. The second kappa shape index (κ2) is 35.9. The molecule has 27 rings (SSSR count). The molecule has 1 unspecified atom stereocenters. The summed E-state index contributed by atoms with van der Waals surface area (Å²) in [5, 5.41) is 10.8. The number of para-hydroxylation sites is 4. The van der Waals surface area contributed by atoms with Gasteiger partial charge in [-0.15, -0.1) is 34.0 Å². The number of aromatic nitrogens is 7. The van der Waals surface area contributed by atoms with E-state index >= 15 is 0 Å². The molecule has 0 bridgehead atoms. The number of fused-ring (bicyclic) bond motifs is 18. The standard InChI is InChI=1S/C45H29N3S.C43H27N3S.C38H25N3S/c1-4-14-29(15-5-1)44-43-38(26-27-40-42(43)36-22-12-13-23-39(36)49-40)46-45(47-44)41-34-21-11-10-20-33(34)37-28-32(24-25-35(37)41)48(30-16-6-2-7-17-30)31-18-8-3-9-19-31;1-4-13-28(14-5-1)33-26-36(29-15-6-2-7-16-29)44-37(27-33)31-19-12-20-32(25-31)43-45-35-23-24-39-40(34-21-10-11-22-38(34)47-39)41(35)42(46-43)30-17-8-3-9-18-30;1-4-13-26(14-5-1)37-36-32(23-24-34-35(36)31-21-10-11-22-33(31)42-34)39-38(40-37)27-15-12-20-30(25-27)41(28-16-6-2-7-17-28)29-18-8-3-9-19-29/h1-28,41H;1-27H;1-25H. The molecule has 0 spiro atoms. The molecular weight excluding hydrogens is 1740 g/mol. The Morgan fingerprint density at radius 3 is 0.971 bits per heavy atom. The molecule has 9 nitrogen and oxygen atoms in total. The zero-order chi connectivity index (χ0) is 91.4. The topological polar surface area (TPSA) is 96.7 Å². The van der Waals surface area contributed by atoms with Crippen LogP contribution in [0.25, 0.3) is 195 Å². The molecule has 0 fully saturated rings. The van der Waals surface area contributed by atoms with Gasteiger partial charge in [0.25, 0.3) is 0 Å².